The number of methoxy groups -OCH3 is 1. The van der Waals surface area contributed by atoms with Gasteiger partial charge in [0.2, 0.25) is 10.0 Å². The second-order valence-electron chi connectivity index (χ2n) is 4.68. The highest BCUT2D eigenvalue weighted by atomic mass is 32.2. The van der Waals surface area contributed by atoms with Crippen molar-refractivity contribution in [3.63, 3.8) is 0 Å². The van der Waals surface area contributed by atoms with Crippen molar-refractivity contribution >= 4 is 21.8 Å². The van der Waals surface area contributed by atoms with Crippen molar-refractivity contribution in [2.75, 3.05) is 11.8 Å². The summed E-state index contributed by atoms with van der Waals surface area (Å²) in [6.07, 6.45) is 1.70. The van der Waals surface area contributed by atoms with Crippen LogP contribution < -0.4 is 4.72 Å². The SMILES string of the molecule is COC(=O)C1CCCC1S(=O)(=O)Nc1cc(C)[nH]n1. The van der Waals surface area contributed by atoms with E-state index in [0.717, 1.165) is 5.69 Å². The molecule has 8 heteroatoms. The molecule has 2 unspecified atom stereocenters. The number of aryl methyl sites for hydroxylation is 1. The predicted molar refractivity (Wildman–Crippen MR) is 69.0 cm³/mol. The van der Waals surface area contributed by atoms with Crippen LogP contribution in [0.2, 0.25) is 0 Å². The van der Waals surface area contributed by atoms with Gasteiger partial charge >= 0.3 is 5.97 Å². The van der Waals surface area contributed by atoms with Crippen molar-refractivity contribution in [2.45, 2.75) is 31.4 Å². The molecule has 1 aliphatic carbocycles. The number of ether oxygens (including phenoxy) is 1. The number of nitrogens with one attached hydrogen (secondary N) is 2. The standard InChI is InChI=1S/C11H17N3O4S/c1-7-6-10(13-12-7)14-19(16,17)9-5-3-4-8(9)11(15)18-2/h6,8-9H,3-5H2,1-2H3,(H2,12,13,14). The number of hydrogen-bond donors (Lipinski definition) is 2. The van der Waals surface area contributed by atoms with Gasteiger partial charge in [-0.15, -0.1) is 0 Å². The Labute approximate surface area is 111 Å². The maximum Gasteiger partial charge on any atom is 0.310 e. The monoisotopic (exact) mass is 287 g/mol. The van der Waals surface area contributed by atoms with Gasteiger partial charge in [-0.05, 0) is 19.8 Å². The Bertz CT molecular complexity index is 566. The highest BCUT2D eigenvalue weighted by Crippen LogP contribution is 2.32. The number of carbonyl (C=O) groups excluding carboxylic acids is 1. The Morgan fingerprint density at radius 3 is 2.84 bits per heavy atom. The molecule has 19 heavy (non-hydrogen) atoms. The van der Waals surface area contributed by atoms with E-state index in [1.807, 2.05) is 0 Å². The topological polar surface area (TPSA) is 101 Å². The fourth-order valence-corrected chi connectivity index (χ4v) is 4.11. The molecule has 1 aromatic heterocycles. The van der Waals surface area contributed by atoms with E-state index < -0.39 is 27.2 Å². The zero-order valence-electron chi connectivity index (χ0n) is 10.8. The molecule has 2 rings (SSSR count). The van der Waals surface area contributed by atoms with Gasteiger partial charge in [0.25, 0.3) is 0 Å². The van der Waals surface area contributed by atoms with E-state index in [1.165, 1.54) is 7.11 Å². The number of rotatable bonds is 4. The highest BCUT2D eigenvalue weighted by Gasteiger charge is 2.42. The quantitative estimate of drug-likeness (QED) is 0.798. The lowest BCUT2D eigenvalue weighted by Gasteiger charge is -2.18. The molecule has 1 fully saturated rings. The molecule has 7 nitrogen and oxygen atoms in total. The molecule has 1 saturated carbocycles. The third-order valence-corrected chi connectivity index (χ3v) is 5.16. The van der Waals surface area contributed by atoms with Crippen molar-refractivity contribution in [3.05, 3.63) is 11.8 Å². The van der Waals surface area contributed by atoms with Gasteiger partial charge in [-0.25, -0.2) is 8.42 Å². The average molecular weight is 287 g/mol. The second kappa shape index (κ2) is 5.20. The molecule has 1 heterocycles. The van der Waals surface area contributed by atoms with Crippen molar-refractivity contribution in [3.8, 4) is 0 Å². The number of H-pyrrole nitrogens is 1. The number of aromatic nitrogens is 2. The van der Waals surface area contributed by atoms with Crippen LogP contribution in [0.25, 0.3) is 0 Å². The van der Waals surface area contributed by atoms with Gasteiger partial charge in [-0.3, -0.25) is 14.6 Å². The smallest absolute Gasteiger partial charge is 0.310 e. The van der Waals surface area contributed by atoms with E-state index in [1.54, 1.807) is 13.0 Å². The molecule has 1 aliphatic rings. The Hall–Kier alpha value is -1.57. The summed E-state index contributed by atoms with van der Waals surface area (Å²) in [6.45, 7) is 1.78. The largest absolute Gasteiger partial charge is 0.469 e. The molecule has 106 valence electrons. The zero-order valence-corrected chi connectivity index (χ0v) is 11.7. The van der Waals surface area contributed by atoms with Crippen LogP contribution in [0.5, 0.6) is 0 Å². The fourth-order valence-electron chi connectivity index (χ4n) is 2.41. The number of anilines is 1. The van der Waals surface area contributed by atoms with Gasteiger partial charge in [-0.2, -0.15) is 5.10 Å². The van der Waals surface area contributed by atoms with E-state index >= 15 is 0 Å². The molecular weight excluding hydrogens is 270 g/mol. The van der Waals surface area contributed by atoms with E-state index in [4.69, 9.17) is 0 Å². The van der Waals surface area contributed by atoms with Crippen LogP contribution in [0.1, 0.15) is 25.0 Å². The molecule has 2 N–H and O–H groups in total. The number of esters is 1. The maximum atomic E-state index is 12.3. The van der Waals surface area contributed by atoms with Crippen LogP contribution >= 0.6 is 0 Å². The molecule has 0 aliphatic heterocycles. The van der Waals surface area contributed by atoms with Crippen molar-refractivity contribution < 1.29 is 17.9 Å². The van der Waals surface area contributed by atoms with Crippen molar-refractivity contribution in [1.82, 2.24) is 10.2 Å². The zero-order chi connectivity index (χ0) is 14.0. The fraction of sp³-hybridized carbons (Fsp3) is 0.636. The minimum Gasteiger partial charge on any atom is -0.469 e. The lowest BCUT2D eigenvalue weighted by atomic mass is 10.1. The number of hydrogen-bond acceptors (Lipinski definition) is 5. The van der Waals surface area contributed by atoms with Crippen molar-refractivity contribution in [2.24, 2.45) is 5.92 Å². The molecule has 0 radical (unpaired) electrons. The Morgan fingerprint density at radius 1 is 1.53 bits per heavy atom. The summed E-state index contributed by atoms with van der Waals surface area (Å²) >= 11 is 0. The van der Waals surface area contributed by atoms with Crippen LogP contribution in [0, 0.1) is 12.8 Å². The normalized spacial score (nSPS) is 23.3. The summed E-state index contributed by atoms with van der Waals surface area (Å²) in [5.74, 6) is -0.818. The predicted octanol–water partition coefficient (Wildman–Crippen LogP) is 0.802. The molecule has 0 bridgehead atoms. The van der Waals surface area contributed by atoms with Gasteiger partial charge in [0.15, 0.2) is 5.82 Å². The summed E-state index contributed by atoms with van der Waals surface area (Å²) in [4.78, 5) is 11.6. The van der Waals surface area contributed by atoms with Gasteiger partial charge < -0.3 is 4.74 Å². The van der Waals surface area contributed by atoms with Gasteiger partial charge in [0, 0.05) is 11.8 Å². The van der Waals surface area contributed by atoms with Crippen LogP contribution in [0.4, 0.5) is 5.82 Å². The highest BCUT2D eigenvalue weighted by molar-refractivity contribution is 7.93. The van der Waals surface area contributed by atoms with E-state index in [-0.39, 0.29) is 5.82 Å². The van der Waals surface area contributed by atoms with Crippen LogP contribution in [-0.4, -0.2) is 36.9 Å². The number of nitrogens with zero attached hydrogens (tertiary/aromatic N) is 1. The number of aromatic amines is 1. The summed E-state index contributed by atoms with van der Waals surface area (Å²) in [5, 5.41) is 5.74. The van der Waals surface area contributed by atoms with E-state index in [0.29, 0.717) is 19.3 Å². The first kappa shape index (κ1) is 13.9. The molecular formula is C11H17N3O4S. The van der Waals surface area contributed by atoms with Gasteiger partial charge in [-0.1, -0.05) is 6.42 Å². The van der Waals surface area contributed by atoms with Crippen LogP contribution in [-0.2, 0) is 19.6 Å². The third-order valence-electron chi connectivity index (χ3n) is 3.31. The van der Waals surface area contributed by atoms with Crippen molar-refractivity contribution in [1.29, 1.82) is 0 Å². The lowest BCUT2D eigenvalue weighted by molar-refractivity contribution is -0.145. The maximum absolute atomic E-state index is 12.3. The van der Waals surface area contributed by atoms with E-state index in [2.05, 4.69) is 19.7 Å². The molecule has 2 atom stereocenters. The van der Waals surface area contributed by atoms with Crippen LogP contribution in [0.15, 0.2) is 6.07 Å². The molecule has 1 aromatic rings. The molecule has 0 amide bonds. The Balaban J connectivity index is 2.17. The van der Waals surface area contributed by atoms with Gasteiger partial charge in [0.05, 0.1) is 18.3 Å². The van der Waals surface area contributed by atoms with Gasteiger partial charge in [0.1, 0.15) is 0 Å². The van der Waals surface area contributed by atoms with Crippen LogP contribution in [0.3, 0.4) is 0 Å². The first-order chi connectivity index (χ1) is 8.94. The Kier molecular flexibility index (Phi) is 3.79. The summed E-state index contributed by atoms with van der Waals surface area (Å²) in [5.41, 5.74) is 0.758. The summed E-state index contributed by atoms with van der Waals surface area (Å²) in [6, 6.07) is 1.60. The summed E-state index contributed by atoms with van der Waals surface area (Å²) in [7, 11) is -2.36. The average Bonchev–Trinajstić information content (AvgIpc) is 2.97. The Morgan fingerprint density at radius 2 is 2.26 bits per heavy atom. The number of carbonyl (C=O) groups is 1. The third kappa shape index (κ3) is 2.89. The minimum absolute atomic E-state index is 0.244. The molecule has 0 aromatic carbocycles. The second-order valence-corrected chi connectivity index (χ2v) is 6.58. The number of sulfonamides is 1. The first-order valence-corrected chi connectivity index (χ1v) is 7.60. The first-order valence-electron chi connectivity index (χ1n) is 6.05. The summed E-state index contributed by atoms with van der Waals surface area (Å²) < 4.78 is 31.6. The van der Waals surface area contributed by atoms with E-state index in [9.17, 15) is 13.2 Å². The molecule has 0 spiro atoms. The molecule has 0 saturated heterocycles. The lowest BCUT2D eigenvalue weighted by Crippen LogP contribution is -2.35. The minimum atomic E-state index is -3.64.